The number of piperazine rings is 1. The van der Waals surface area contributed by atoms with Crippen LogP contribution in [0.15, 0.2) is 53.4 Å². The second kappa shape index (κ2) is 7.35. The highest BCUT2D eigenvalue weighted by molar-refractivity contribution is 7.89. The van der Waals surface area contributed by atoms with Crippen LogP contribution in [-0.2, 0) is 21.2 Å². The van der Waals surface area contributed by atoms with Crippen LogP contribution in [0.25, 0.3) is 0 Å². The summed E-state index contributed by atoms with van der Waals surface area (Å²) in [5.74, 6) is 0.0963. The van der Waals surface area contributed by atoms with Gasteiger partial charge in [0.2, 0.25) is 15.9 Å². The Balaban J connectivity index is 1.56. The summed E-state index contributed by atoms with van der Waals surface area (Å²) in [4.78, 5) is 16.5. The lowest BCUT2D eigenvalue weighted by atomic mass is 10.1. The number of anilines is 2. The van der Waals surface area contributed by atoms with Gasteiger partial charge in [0, 0.05) is 37.6 Å². The monoisotopic (exact) mass is 374 g/mol. The Labute approximate surface area is 153 Å². The van der Waals surface area contributed by atoms with Crippen molar-refractivity contribution in [3.05, 3.63) is 54.1 Å². The van der Waals surface area contributed by atoms with E-state index in [1.165, 1.54) is 12.1 Å². The van der Waals surface area contributed by atoms with Crippen LogP contribution >= 0.6 is 0 Å². The standard InChI is InChI=1S/C18H22N4O3S/c19-15-3-1-14(2-4-15)13-18(23)22-11-9-21(10-12-22)16-5-7-17(8-6-16)26(20,24)25/h1-8H,9-13,19H2,(H2,20,24,25). The Morgan fingerprint density at radius 3 is 2.04 bits per heavy atom. The Hall–Kier alpha value is -2.58. The van der Waals surface area contributed by atoms with Crippen molar-refractivity contribution in [2.45, 2.75) is 11.3 Å². The third-order valence-electron chi connectivity index (χ3n) is 4.50. The highest BCUT2D eigenvalue weighted by Gasteiger charge is 2.21. The molecule has 1 fully saturated rings. The van der Waals surface area contributed by atoms with Crippen molar-refractivity contribution in [2.75, 3.05) is 36.8 Å². The maximum Gasteiger partial charge on any atom is 0.238 e. The molecule has 138 valence electrons. The van der Waals surface area contributed by atoms with Gasteiger partial charge in [-0.1, -0.05) is 12.1 Å². The fourth-order valence-electron chi connectivity index (χ4n) is 2.98. The fourth-order valence-corrected chi connectivity index (χ4v) is 3.50. The van der Waals surface area contributed by atoms with E-state index in [1.54, 1.807) is 24.3 Å². The summed E-state index contributed by atoms with van der Waals surface area (Å²) in [6, 6.07) is 13.8. The predicted molar refractivity (Wildman–Crippen MR) is 101 cm³/mol. The fraction of sp³-hybridized carbons (Fsp3) is 0.278. The van der Waals surface area contributed by atoms with Gasteiger partial charge in [-0.3, -0.25) is 4.79 Å². The van der Waals surface area contributed by atoms with Crippen LogP contribution < -0.4 is 15.8 Å². The van der Waals surface area contributed by atoms with E-state index in [0.717, 1.165) is 11.3 Å². The van der Waals surface area contributed by atoms with Crippen molar-refractivity contribution in [3.63, 3.8) is 0 Å². The highest BCUT2D eigenvalue weighted by Crippen LogP contribution is 2.19. The third kappa shape index (κ3) is 4.33. The first-order valence-corrected chi connectivity index (χ1v) is 9.87. The first kappa shape index (κ1) is 18.2. The summed E-state index contributed by atoms with van der Waals surface area (Å²) in [5, 5.41) is 5.12. The molecule has 1 aliphatic heterocycles. The van der Waals surface area contributed by atoms with Crippen LogP contribution in [0.3, 0.4) is 0 Å². The second-order valence-electron chi connectivity index (χ2n) is 6.33. The molecule has 0 radical (unpaired) electrons. The molecule has 0 saturated carbocycles. The lowest BCUT2D eigenvalue weighted by Crippen LogP contribution is -2.49. The summed E-state index contributed by atoms with van der Waals surface area (Å²) >= 11 is 0. The third-order valence-corrected chi connectivity index (χ3v) is 5.43. The maximum atomic E-state index is 12.4. The number of amides is 1. The van der Waals surface area contributed by atoms with Gasteiger partial charge in [0.15, 0.2) is 0 Å². The largest absolute Gasteiger partial charge is 0.399 e. The quantitative estimate of drug-likeness (QED) is 0.770. The summed E-state index contributed by atoms with van der Waals surface area (Å²) in [7, 11) is -3.68. The van der Waals surface area contributed by atoms with E-state index < -0.39 is 10.0 Å². The van der Waals surface area contributed by atoms with E-state index in [1.807, 2.05) is 17.0 Å². The number of carbonyl (C=O) groups excluding carboxylic acids is 1. The summed E-state index contributed by atoms with van der Waals surface area (Å²) in [6.45, 7) is 2.65. The van der Waals surface area contributed by atoms with Crippen LogP contribution in [0, 0.1) is 0 Å². The number of carbonyl (C=O) groups is 1. The van der Waals surface area contributed by atoms with E-state index in [4.69, 9.17) is 10.9 Å². The normalized spacial score (nSPS) is 15.1. The molecule has 2 aromatic carbocycles. The van der Waals surface area contributed by atoms with Crippen molar-refractivity contribution in [3.8, 4) is 0 Å². The molecule has 0 aromatic heterocycles. The molecule has 0 bridgehead atoms. The summed E-state index contributed by atoms with van der Waals surface area (Å²) in [5.41, 5.74) is 8.22. The van der Waals surface area contributed by atoms with Gasteiger partial charge in [-0.15, -0.1) is 0 Å². The molecule has 8 heteroatoms. The minimum Gasteiger partial charge on any atom is -0.399 e. The van der Waals surface area contributed by atoms with Crippen molar-refractivity contribution in [1.82, 2.24) is 4.90 Å². The first-order valence-electron chi connectivity index (χ1n) is 8.33. The lowest BCUT2D eigenvalue weighted by molar-refractivity contribution is -0.130. The molecule has 0 spiro atoms. The van der Waals surface area contributed by atoms with Crippen LogP contribution in [-0.4, -0.2) is 45.4 Å². The average Bonchev–Trinajstić information content (AvgIpc) is 2.63. The molecule has 3 rings (SSSR count). The topological polar surface area (TPSA) is 110 Å². The molecule has 1 amide bonds. The molecule has 0 unspecified atom stereocenters. The molecule has 1 heterocycles. The zero-order chi connectivity index (χ0) is 18.7. The van der Waals surface area contributed by atoms with Crippen LogP contribution in [0.4, 0.5) is 11.4 Å². The number of primary sulfonamides is 1. The van der Waals surface area contributed by atoms with Gasteiger partial charge in [-0.05, 0) is 42.0 Å². The zero-order valence-electron chi connectivity index (χ0n) is 14.3. The number of benzene rings is 2. The molecule has 2 aromatic rings. The SMILES string of the molecule is Nc1ccc(CC(=O)N2CCN(c3ccc(S(N)(=O)=O)cc3)CC2)cc1. The van der Waals surface area contributed by atoms with Gasteiger partial charge >= 0.3 is 0 Å². The zero-order valence-corrected chi connectivity index (χ0v) is 15.2. The van der Waals surface area contributed by atoms with Crippen LogP contribution in [0.2, 0.25) is 0 Å². The van der Waals surface area contributed by atoms with E-state index in [9.17, 15) is 13.2 Å². The van der Waals surface area contributed by atoms with Gasteiger partial charge < -0.3 is 15.5 Å². The van der Waals surface area contributed by atoms with Crippen molar-refractivity contribution in [1.29, 1.82) is 0 Å². The Kier molecular flexibility index (Phi) is 5.15. The Morgan fingerprint density at radius 2 is 1.50 bits per heavy atom. The summed E-state index contributed by atoms with van der Waals surface area (Å²) in [6.07, 6.45) is 0.364. The molecule has 1 saturated heterocycles. The van der Waals surface area contributed by atoms with E-state index in [2.05, 4.69) is 4.90 Å². The van der Waals surface area contributed by atoms with E-state index in [0.29, 0.717) is 38.3 Å². The van der Waals surface area contributed by atoms with Gasteiger partial charge in [-0.25, -0.2) is 13.6 Å². The lowest BCUT2D eigenvalue weighted by Gasteiger charge is -2.36. The second-order valence-corrected chi connectivity index (χ2v) is 7.89. The number of nitrogen functional groups attached to an aromatic ring is 1. The van der Waals surface area contributed by atoms with Crippen molar-refractivity contribution in [2.24, 2.45) is 5.14 Å². The maximum absolute atomic E-state index is 12.4. The molecular weight excluding hydrogens is 352 g/mol. The molecule has 26 heavy (non-hydrogen) atoms. The molecular formula is C18H22N4O3S. The number of nitrogens with zero attached hydrogens (tertiary/aromatic N) is 2. The Bertz CT molecular complexity index is 872. The number of nitrogens with two attached hydrogens (primary N) is 2. The average molecular weight is 374 g/mol. The molecule has 4 N–H and O–H groups in total. The number of hydrogen-bond acceptors (Lipinski definition) is 5. The number of hydrogen-bond donors (Lipinski definition) is 2. The number of sulfonamides is 1. The minimum absolute atomic E-state index is 0.0959. The Morgan fingerprint density at radius 1 is 0.923 bits per heavy atom. The van der Waals surface area contributed by atoms with Gasteiger partial charge in [-0.2, -0.15) is 0 Å². The van der Waals surface area contributed by atoms with Crippen molar-refractivity contribution >= 4 is 27.3 Å². The van der Waals surface area contributed by atoms with Gasteiger partial charge in [0.05, 0.1) is 11.3 Å². The molecule has 1 aliphatic rings. The smallest absolute Gasteiger partial charge is 0.238 e. The minimum atomic E-state index is -3.68. The van der Waals surface area contributed by atoms with E-state index in [-0.39, 0.29) is 10.8 Å². The highest BCUT2D eigenvalue weighted by atomic mass is 32.2. The van der Waals surface area contributed by atoms with Crippen LogP contribution in [0.5, 0.6) is 0 Å². The molecule has 7 nitrogen and oxygen atoms in total. The molecule has 0 aliphatic carbocycles. The summed E-state index contributed by atoms with van der Waals surface area (Å²) < 4.78 is 22.6. The van der Waals surface area contributed by atoms with E-state index >= 15 is 0 Å². The molecule has 0 atom stereocenters. The van der Waals surface area contributed by atoms with Gasteiger partial charge in [0.1, 0.15) is 0 Å². The van der Waals surface area contributed by atoms with Crippen molar-refractivity contribution < 1.29 is 13.2 Å². The predicted octanol–water partition coefficient (Wildman–Crippen LogP) is 0.808. The number of rotatable bonds is 4. The van der Waals surface area contributed by atoms with Gasteiger partial charge in [0.25, 0.3) is 0 Å². The first-order chi connectivity index (χ1) is 12.3. The van der Waals surface area contributed by atoms with Crippen LogP contribution in [0.1, 0.15) is 5.56 Å².